The molecule has 1 aliphatic carbocycles. The molecule has 1 aromatic carbocycles. The van der Waals surface area contributed by atoms with E-state index >= 15 is 0 Å². The van der Waals surface area contributed by atoms with E-state index in [1.54, 1.807) is 7.11 Å². The van der Waals surface area contributed by atoms with Crippen molar-refractivity contribution in [2.45, 2.75) is 57.7 Å². The van der Waals surface area contributed by atoms with Crippen LogP contribution in [-0.4, -0.2) is 62.1 Å². The van der Waals surface area contributed by atoms with Gasteiger partial charge in [0.25, 0.3) is 0 Å². The average molecular weight is 402 g/mol. The molecule has 3 rings (SSSR count). The Morgan fingerprint density at radius 2 is 1.93 bits per heavy atom. The highest BCUT2D eigenvalue weighted by Gasteiger charge is 2.30. The van der Waals surface area contributed by atoms with Crippen molar-refractivity contribution in [2.75, 3.05) is 33.3 Å². The van der Waals surface area contributed by atoms with E-state index in [1.165, 1.54) is 25.7 Å². The van der Waals surface area contributed by atoms with Crippen LogP contribution in [0.4, 0.5) is 0 Å². The number of carbonyl (C=O) groups is 1. The Hall–Kier alpha value is -2.28. The van der Waals surface area contributed by atoms with E-state index in [0.29, 0.717) is 12.6 Å². The summed E-state index contributed by atoms with van der Waals surface area (Å²) in [5.74, 6) is 1.45. The SMILES string of the molecule is CCNC(=NCC(=O)NCc1ccc(OC)cc1)NC1CCN(C2CCCC2)C1. The number of amides is 1. The highest BCUT2D eigenvalue weighted by atomic mass is 16.5. The quantitative estimate of drug-likeness (QED) is 0.458. The molecule has 1 aliphatic heterocycles. The minimum atomic E-state index is -0.0861. The molecule has 0 spiro atoms. The molecule has 160 valence electrons. The van der Waals surface area contributed by atoms with Crippen molar-refractivity contribution in [1.29, 1.82) is 0 Å². The Balaban J connectivity index is 1.43. The van der Waals surface area contributed by atoms with Gasteiger partial charge in [-0.05, 0) is 43.9 Å². The monoisotopic (exact) mass is 401 g/mol. The summed E-state index contributed by atoms with van der Waals surface area (Å²) < 4.78 is 5.15. The fraction of sp³-hybridized carbons (Fsp3) is 0.636. The molecular formula is C22H35N5O2. The Morgan fingerprint density at radius 3 is 2.62 bits per heavy atom. The number of hydrogen-bond acceptors (Lipinski definition) is 4. The van der Waals surface area contributed by atoms with Gasteiger partial charge in [0.15, 0.2) is 5.96 Å². The van der Waals surface area contributed by atoms with Gasteiger partial charge in [0, 0.05) is 38.3 Å². The standard InChI is InChI=1S/C22H35N5O2/c1-3-23-22(26-18-12-13-27(16-18)19-6-4-5-7-19)25-15-21(28)24-14-17-8-10-20(29-2)11-9-17/h8-11,18-19H,3-7,12-16H2,1-2H3,(H,24,28)(H2,23,25,26). The zero-order chi connectivity index (χ0) is 20.5. The maximum absolute atomic E-state index is 12.2. The number of carbonyl (C=O) groups excluding carboxylic acids is 1. The Morgan fingerprint density at radius 1 is 1.17 bits per heavy atom. The van der Waals surface area contributed by atoms with Crippen LogP contribution in [0.5, 0.6) is 5.75 Å². The first kappa shape index (κ1) is 21.4. The summed E-state index contributed by atoms with van der Waals surface area (Å²) in [6.07, 6.45) is 6.55. The third-order valence-corrected chi connectivity index (χ3v) is 5.78. The smallest absolute Gasteiger partial charge is 0.242 e. The van der Waals surface area contributed by atoms with Crippen LogP contribution in [0.3, 0.4) is 0 Å². The number of methoxy groups -OCH3 is 1. The molecule has 1 atom stereocenters. The van der Waals surface area contributed by atoms with Crippen LogP contribution in [0.15, 0.2) is 29.3 Å². The lowest BCUT2D eigenvalue weighted by Crippen LogP contribution is -2.45. The molecule has 2 fully saturated rings. The van der Waals surface area contributed by atoms with E-state index in [1.807, 2.05) is 31.2 Å². The molecule has 0 bridgehead atoms. The zero-order valence-electron chi connectivity index (χ0n) is 17.7. The van der Waals surface area contributed by atoms with Gasteiger partial charge in [-0.1, -0.05) is 25.0 Å². The second kappa shape index (κ2) is 11.0. The number of ether oxygens (including phenoxy) is 1. The van der Waals surface area contributed by atoms with Gasteiger partial charge in [0.05, 0.1) is 7.11 Å². The number of aliphatic imine (C=N–C) groups is 1. The maximum Gasteiger partial charge on any atom is 0.242 e. The number of likely N-dealkylation sites (tertiary alicyclic amines) is 1. The minimum absolute atomic E-state index is 0.0861. The summed E-state index contributed by atoms with van der Waals surface area (Å²) in [4.78, 5) is 19.3. The normalized spacial score (nSPS) is 20.6. The predicted octanol–water partition coefficient (Wildman–Crippen LogP) is 1.88. The molecule has 2 aliphatic rings. The fourth-order valence-corrected chi connectivity index (χ4v) is 4.17. The number of nitrogens with one attached hydrogen (secondary N) is 3. The first-order valence-corrected chi connectivity index (χ1v) is 10.9. The van der Waals surface area contributed by atoms with Crippen LogP contribution in [0.2, 0.25) is 0 Å². The van der Waals surface area contributed by atoms with Gasteiger partial charge in [0.2, 0.25) is 5.91 Å². The van der Waals surface area contributed by atoms with Gasteiger partial charge in [0.1, 0.15) is 12.3 Å². The lowest BCUT2D eigenvalue weighted by atomic mass is 10.2. The third-order valence-electron chi connectivity index (χ3n) is 5.78. The number of rotatable bonds is 8. The lowest BCUT2D eigenvalue weighted by molar-refractivity contribution is -0.119. The second-order valence-electron chi connectivity index (χ2n) is 7.88. The Bertz CT molecular complexity index is 670. The molecule has 1 heterocycles. The molecule has 0 radical (unpaired) electrons. The van der Waals surface area contributed by atoms with Crippen molar-refractivity contribution in [3.63, 3.8) is 0 Å². The largest absolute Gasteiger partial charge is 0.497 e. The van der Waals surface area contributed by atoms with E-state index in [9.17, 15) is 4.79 Å². The lowest BCUT2D eigenvalue weighted by Gasteiger charge is -2.24. The summed E-state index contributed by atoms with van der Waals surface area (Å²) in [5.41, 5.74) is 1.03. The summed E-state index contributed by atoms with van der Waals surface area (Å²) in [6, 6.07) is 8.85. The average Bonchev–Trinajstić information content (AvgIpc) is 3.43. The van der Waals surface area contributed by atoms with Crippen molar-refractivity contribution >= 4 is 11.9 Å². The molecule has 0 aromatic heterocycles. The van der Waals surface area contributed by atoms with E-state index in [2.05, 4.69) is 25.8 Å². The van der Waals surface area contributed by atoms with Crippen LogP contribution < -0.4 is 20.7 Å². The van der Waals surface area contributed by atoms with Crippen molar-refractivity contribution < 1.29 is 9.53 Å². The number of hydrogen-bond donors (Lipinski definition) is 3. The minimum Gasteiger partial charge on any atom is -0.497 e. The third kappa shape index (κ3) is 6.63. The van der Waals surface area contributed by atoms with Crippen molar-refractivity contribution in [3.8, 4) is 5.75 Å². The van der Waals surface area contributed by atoms with E-state index < -0.39 is 0 Å². The van der Waals surface area contributed by atoms with Crippen LogP contribution in [0.25, 0.3) is 0 Å². The first-order valence-electron chi connectivity index (χ1n) is 10.9. The Kier molecular flexibility index (Phi) is 8.16. The second-order valence-corrected chi connectivity index (χ2v) is 7.88. The van der Waals surface area contributed by atoms with Crippen LogP contribution in [-0.2, 0) is 11.3 Å². The molecular weight excluding hydrogens is 366 g/mol. The molecule has 1 aromatic rings. The van der Waals surface area contributed by atoms with Gasteiger partial charge in [-0.15, -0.1) is 0 Å². The number of benzene rings is 1. The van der Waals surface area contributed by atoms with E-state index in [4.69, 9.17) is 4.74 Å². The van der Waals surface area contributed by atoms with Gasteiger partial charge in [-0.2, -0.15) is 0 Å². The molecule has 1 saturated carbocycles. The molecule has 7 heteroatoms. The fourth-order valence-electron chi connectivity index (χ4n) is 4.17. The first-order chi connectivity index (χ1) is 14.2. The van der Waals surface area contributed by atoms with Crippen molar-refractivity contribution in [1.82, 2.24) is 20.9 Å². The summed E-state index contributed by atoms with van der Waals surface area (Å²) in [6.45, 7) is 5.65. The highest BCUT2D eigenvalue weighted by molar-refractivity contribution is 5.85. The zero-order valence-corrected chi connectivity index (χ0v) is 17.7. The topological polar surface area (TPSA) is 78.0 Å². The van der Waals surface area contributed by atoms with E-state index in [0.717, 1.165) is 49.4 Å². The Labute approximate surface area is 174 Å². The van der Waals surface area contributed by atoms with Gasteiger partial charge >= 0.3 is 0 Å². The molecule has 1 unspecified atom stereocenters. The van der Waals surface area contributed by atoms with Gasteiger partial charge in [-0.3, -0.25) is 9.69 Å². The maximum atomic E-state index is 12.2. The highest BCUT2D eigenvalue weighted by Crippen LogP contribution is 2.26. The molecule has 1 saturated heterocycles. The van der Waals surface area contributed by atoms with Crippen LogP contribution >= 0.6 is 0 Å². The molecule has 1 amide bonds. The van der Waals surface area contributed by atoms with Crippen LogP contribution in [0, 0.1) is 0 Å². The van der Waals surface area contributed by atoms with Crippen molar-refractivity contribution in [2.24, 2.45) is 4.99 Å². The summed E-state index contributed by atoms with van der Waals surface area (Å²) in [7, 11) is 1.64. The predicted molar refractivity (Wildman–Crippen MR) is 116 cm³/mol. The molecule has 29 heavy (non-hydrogen) atoms. The number of nitrogens with zero attached hydrogens (tertiary/aromatic N) is 2. The van der Waals surface area contributed by atoms with E-state index in [-0.39, 0.29) is 12.5 Å². The summed E-state index contributed by atoms with van der Waals surface area (Å²) >= 11 is 0. The molecule has 3 N–H and O–H groups in total. The van der Waals surface area contributed by atoms with Gasteiger partial charge < -0.3 is 20.7 Å². The van der Waals surface area contributed by atoms with Crippen molar-refractivity contribution in [3.05, 3.63) is 29.8 Å². The summed E-state index contributed by atoms with van der Waals surface area (Å²) in [5, 5.41) is 9.70. The van der Waals surface area contributed by atoms with Crippen LogP contribution in [0.1, 0.15) is 44.6 Å². The number of guanidine groups is 1. The van der Waals surface area contributed by atoms with Gasteiger partial charge in [-0.25, -0.2) is 4.99 Å². The molecule has 7 nitrogen and oxygen atoms in total.